The second-order valence-electron chi connectivity index (χ2n) is 9.66. The number of Topliss-reactive ketones (excluding diaryl/α,β-unsaturated/α-hetero) is 1. The molecule has 0 bridgehead atoms. The zero-order chi connectivity index (χ0) is 29.2. The Morgan fingerprint density at radius 1 is 1.05 bits per heavy atom. The molecule has 214 valence electrons. The summed E-state index contributed by atoms with van der Waals surface area (Å²) < 4.78 is 17.6. The number of carbonyl (C=O) groups is 2. The van der Waals surface area contributed by atoms with E-state index in [9.17, 15) is 14.7 Å². The minimum atomic E-state index is -0.957. The topological polar surface area (TPSA) is 111 Å². The van der Waals surface area contributed by atoms with E-state index >= 15 is 0 Å². The summed E-state index contributed by atoms with van der Waals surface area (Å²) in [4.78, 5) is 28.5. The summed E-state index contributed by atoms with van der Waals surface area (Å²) in [5.74, 6) is 0.310. The molecule has 1 aromatic heterocycles. The summed E-state index contributed by atoms with van der Waals surface area (Å²) in [6.07, 6.45) is 0. The molecule has 3 aromatic carbocycles. The van der Waals surface area contributed by atoms with Gasteiger partial charge in [-0.15, -0.1) is 10.2 Å². The van der Waals surface area contributed by atoms with Crippen molar-refractivity contribution in [3.8, 4) is 17.2 Å². The number of nitrogens with zero attached hydrogens (tertiary/aromatic N) is 3. The molecule has 0 saturated carbocycles. The molecule has 2 aliphatic heterocycles. The molecular weight excluding hydrogens is 574 g/mol. The molecule has 11 heteroatoms. The first kappa shape index (κ1) is 27.8. The Hall–Kier alpha value is -4.35. The van der Waals surface area contributed by atoms with Crippen LogP contribution in [-0.4, -0.2) is 46.8 Å². The maximum Gasteiger partial charge on any atom is 0.301 e. The highest BCUT2D eigenvalue weighted by Gasteiger charge is 2.48. The van der Waals surface area contributed by atoms with E-state index in [1.165, 1.54) is 33.6 Å². The average molecular weight is 602 g/mol. The predicted octanol–water partition coefficient (Wildman–Crippen LogP) is 5.94. The zero-order valence-corrected chi connectivity index (χ0v) is 24.5. The van der Waals surface area contributed by atoms with Crippen LogP contribution >= 0.6 is 23.1 Å². The molecule has 0 aliphatic carbocycles. The third kappa shape index (κ3) is 5.45. The molecule has 3 heterocycles. The third-order valence-electron chi connectivity index (χ3n) is 6.83. The summed E-state index contributed by atoms with van der Waals surface area (Å²) >= 11 is 2.72. The standard InChI is InChI=1S/C31H27N3O6S2/c1-3-38-22-6-4-5-20(15-22)26-25(27(35)21-11-12-23-24(16-21)40-14-13-39-23)28(36)29(37)34(26)30-32-33-31(42-30)41-17-19-9-7-18(2)8-10-19/h4-12,15-16,26,35H,3,13-14,17H2,1-2H3/b27-25-. The van der Waals surface area contributed by atoms with E-state index in [1.54, 1.807) is 42.5 Å². The van der Waals surface area contributed by atoms with Crippen molar-refractivity contribution in [2.24, 2.45) is 0 Å². The van der Waals surface area contributed by atoms with Gasteiger partial charge in [-0.25, -0.2) is 0 Å². The van der Waals surface area contributed by atoms with Gasteiger partial charge in [-0.3, -0.25) is 14.5 Å². The van der Waals surface area contributed by atoms with E-state index in [1.807, 2.05) is 13.8 Å². The lowest BCUT2D eigenvalue weighted by atomic mass is 9.95. The fourth-order valence-electron chi connectivity index (χ4n) is 4.82. The highest BCUT2D eigenvalue weighted by Crippen LogP contribution is 2.45. The smallest absolute Gasteiger partial charge is 0.301 e. The van der Waals surface area contributed by atoms with Crippen molar-refractivity contribution in [2.75, 3.05) is 24.7 Å². The minimum Gasteiger partial charge on any atom is -0.507 e. The van der Waals surface area contributed by atoms with Crippen LogP contribution in [0.4, 0.5) is 5.13 Å². The number of ketones is 1. The van der Waals surface area contributed by atoms with Crippen molar-refractivity contribution in [1.29, 1.82) is 0 Å². The Morgan fingerprint density at radius 3 is 2.62 bits per heavy atom. The fraction of sp³-hybridized carbons (Fsp3) is 0.226. The fourth-order valence-corrected chi connectivity index (χ4v) is 6.64. The Labute approximate surface area is 250 Å². The summed E-state index contributed by atoms with van der Waals surface area (Å²) in [5, 5.41) is 20.4. The Balaban J connectivity index is 1.39. The molecule has 0 radical (unpaired) electrons. The average Bonchev–Trinajstić information content (AvgIpc) is 3.58. The molecule has 42 heavy (non-hydrogen) atoms. The van der Waals surface area contributed by atoms with Crippen molar-refractivity contribution in [3.63, 3.8) is 0 Å². The number of amides is 1. The van der Waals surface area contributed by atoms with Crippen molar-refractivity contribution >= 4 is 45.7 Å². The van der Waals surface area contributed by atoms with Gasteiger partial charge >= 0.3 is 5.91 Å². The van der Waals surface area contributed by atoms with E-state index in [4.69, 9.17) is 14.2 Å². The molecule has 6 rings (SSSR count). The quantitative estimate of drug-likeness (QED) is 0.0863. The van der Waals surface area contributed by atoms with Crippen LogP contribution in [0.15, 0.2) is 76.6 Å². The number of benzene rings is 3. The summed E-state index contributed by atoms with van der Waals surface area (Å²) in [6, 6.07) is 19.3. The number of ether oxygens (including phenoxy) is 3. The lowest BCUT2D eigenvalue weighted by Gasteiger charge is -2.23. The van der Waals surface area contributed by atoms with Gasteiger partial charge in [-0.2, -0.15) is 0 Å². The van der Waals surface area contributed by atoms with Crippen LogP contribution in [0, 0.1) is 6.92 Å². The number of hydrogen-bond acceptors (Lipinski definition) is 10. The maximum atomic E-state index is 13.6. The van der Waals surface area contributed by atoms with Crippen molar-refractivity contribution < 1.29 is 28.9 Å². The van der Waals surface area contributed by atoms with Gasteiger partial charge in [0.2, 0.25) is 5.13 Å². The lowest BCUT2D eigenvalue weighted by molar-refractivity contribution is -0.132. The number of carbonyl (C=O) groups excluding carboxylic acids is 2. The highest BCUT2D eigenvalue weighted by molar-refractivity contribution is 8.00. The molecule has 2 aliphatic rings. The molecule has 1 atom stereocenters. The SMILES string of the molecule is CCOc1cccc(C2/C(=C(/O)c3ccc4c(c3)OCCO4)C(=O)C(=O)N2c2nnc(SCc3ccc(C)cc3)s2)c1. The van der Waals surface area contributed by atoms with Gasteiger partial charge in [0.1, 0.15) is 24.7 Å². The van der Waals surface area contributed by atoms with E-state index in [0.29, 0.717) is 58.3 Å². The van der Waals surface area contributed by atoms with Crippen LogP contribution in [0.3, 0.4) is 0 Å². The highest BCUT2D eigenvalue weighted by atomic mass is 32.2. The van der Waals surface area contributed by atoms with Crippen molar-refractivity contribution in [3.05, 3.63) is 94.6 Å². The van der Waals surface area contributed by atoms with Crippen LogP contribution in [0.25, 0.3) is 5.76 Å². The molecule has 4 aromatic rings. The summed E-state index contributed by atoms with van der Waals surface area (Å²) in [5.41, 5.74) is 3.17. The Morgan fingerprint density at radius 2 is 1.83 bits per heavy atom. The van der Waals surface area contributed by atoms with Crippen LogP contribution < -0.4 is 19.1 Å². The second-order valence-corrected chi connectivity index (χ2v) is 11.8. The molecule has 1 fully saturated rings. The van der Waals surface area contributed by atoms with E-state index < -0.39 is 17.7 Å². The number of anilines is 1. The first-order valence-corrected chi connectivity index (χ1v) is 15.2. The van der Waals surface area contributed by atoms with Gasteiger partial charge in [-0.1, -0.05) is 65.1 Å². The minimum absolute atomic E-state index is 0.0608. The largest absolute Gasteiger partial charge is 0.507 e. The van der Waals surface area contributed by atoms with Gasteiger partial charge in [0.05, 0.1) is 18.2 Å². The van der Waals surface area contributed by atoms with Gasteiger partial charge in [0.25, 0.3) is 5.78 Å². The van der Waals surface area contributed by atoms with Gasteiger partial charge in [0.15, 0.2) is 15.8 Å². The van der Waals surface area contributed by atoms with Crippen LogP contribution in [-0.2, 0) is 15.3 Å². The maximum absolute atomic E-state index is 13.6. The molecular formula is C31H27N3O6S2. The number of thioether (sulfide) groups is 1. The Kier molecular flexibility index (Phi) is 7.86. The van der Waals surface area contributed by atoms with Crippen molar-refractivity contribution in [2.45, 2.75) is 30.0 Å². The lowest BCUT2D eigenvalue weighted by Crippen LogP contribution is -2.29. The predicted molar refractivity (Wildman–Crippen MR) is 160 cm³/mol. The number of aromatic nitrogens is 2. The van der Waals surface area contributed by atoms with Gasteiger partial charge in [0, 0.05) is 11.3 Å². The normalized spacial score (nSPS) is 17.5. The van der Waals surface area contributed by atoms with E-state index in [0.717, 1.165) is 5.56 Å². The van der Waals surface area contributed by atoms with Gasteiger partial charge in [-0.05, 0) is 55.3 Å². The molecule has 1 unspecified atom stereocenters. The first-order valence-electron chi connectivity index (χ1n) is 13.4. The molecule has 0 spiro atoms. The van der Waals surface area contributed by atoms with E-state index in [2.05, 4.69) is 34.5 Å². The number of hydrogen-bond donors (Lipinski definition) is 1. The number of fused-ring (bicyclic) bond motifs is 1. The third-order valence-corrected chi connectivity index (χ3v) is 8.96. The number of aliphatic hydroxyl groups is 1. The number of aliphatic hydroxyl groups excluding tert-OH is 1. The van der Waals surface area contributed by atoms with E-state index in [-0.39, 0.29) is 16.5 Å². The zero-order valence-electron chi connectivity index (χ0n) is 22.9. The monoisotopic (exact) mass is 601 g/mol. The summed E-state index contributed by atoms with van der Waals surface area (Å²) in [6.45, 7) is 5.15. The number of rotatable bonds is 8. The molecule has 1 amide bonds. The van der Waals surface area contributed by atoms with Gasteiger partial charge < -0.3 is 19.3 Å². The summed E-state index contributed by atoms with van der Waals surface area (Å²) in [7, 11) is 0. The van der Waals surface area contributed by atoms with Crippen LogP contribution in [0.2, 0.25) is 0 Å². The second kappa shape index (κ2) is 11.9. The Bertz CT molecular complexity index is 1680. The molecule has 1 saturated heterocycles. The number of aryl methyl sites for hydroxylation is 1. The first-order chi connectivity index (χ1) is 20.4. The molecule has 9 nitrogen and oxygen atoms in total. The van der Waals surface area contributed by atoms with Crippen molar-refractivity contribution in [1.82, 2.24) is 10.2 Å². The van der Waals surface area contributed by atoms with Crippen LogP contribution in [0.1, 0.15) is 35.2 Å². The van der Waals surface area contributed by atoms with Crippen LogP contribution in [0.5, 0.6) is 17.2 Å². The molecule has 1 N–H and O–H groups in total.